The van der Waals surface area contributed by atoms with Gasteiger partial charge in [0, 0.05) is 19.0 Å². The van der Waals surface area contributed by atoms with E-state index >= 15 is 0 Å². The summed E-state index contributed by atoms with van der Waals surface area (Å²) < 4.78 is 11.9. The predicted molar refractivity (Wildman–Crippen MR) is 103 cm³/mol. The van der Waals surface area contributed by atoms with Crippen LogP contribution in [0.3, 0.4) is 0 Å². The van der Waals surface area contributed by atoms with Crippen molar-refractivity contribution in [2.75, 3.05) is 20.2 Å². The van der Waals surface area contributed by atoms with Crippen molar-refractivity contribution in [2.24, 2.45) is 23.2 Å². The van der Waals surface area contributed by atoms with Crippen LogP contribution in [0.25, 0.3) is 0 Å². The maximum Gasteiger partial charge on any atom is 0.310 e. The molecule has 0 aromatic heterocycles. The standard InChI is InChI=1S/C23H31NO3/c1-22-9-6-10-23(15-26-23)20(22)11-17-18(21(25)27-19(17)12-22)14-24(2)13-16-7-4-3-5-8-16/h3-5,7-8,17-20H,6,9-15H2,1-2H3/t17-,18-,19-,20-,22-,23-/m1/s1. The van der Waals surface area contributed by atoms with Gasteiger partial charge in [-0.25, -0.2) is 0 Å². The molecule has 1 aromatic carbocycles. The van der Waals surface area contributed by atoms with E-state index in [0.29, 0.717) is 11.8 Å². The van der Waals surface area contributed by atoms with E-state index in [9.17, 15) is 4.79 Å². The Morgan fingerprint density at radius 1 is 1.22 bits per heavy atom. The van der Waals surface area contributed by atoms with E-state index in [4.69, 9.17) is 9.47 Å². The largest absolute Gasteiger partial charge is 0.462 e. The van der Waals surface area contributed by atoms with E-state index in [0.717, 1.165) is 32.5 Å². The molecular weight excluding hydrogens is 338 g/mol. The Morgan fingerprint density at radius 2 is 2.00 bits per heavy atom. The molecule has 4 nitrogen and oxygen atoms in total. The van der Waals surface area contributed by atoms with Crippen LogP contribution in [0.15, 0.2) is 30.3 Å². The first-order chi connectivity index (χ1) is 13.0. The molecule has 4 aliphatic rings. The van der Waals surface area contributed by atoms with Crippen molar-refractivity contribution in [3.63, 3.8) is 0 Å². The number of nitrogens with zero attached hydrogens (tertiary/aromatic N) is 1. The second-order valence-electron chi connectivity index (χ2n) is 9.78. The Labute approximate surface area is 162 Å². The lowest BCUT2D eigenvalue weighted by Crippen LogP contribution is -2.51. The zero-order valence-electron chi connectivity index (χ0n) is 16.5. The van der Waals surface area contributed by atoms with Crippen LogP contribution < -0.4 is 0 Å². The van der Waals surface area contributed by atoms with Crippen LogP contribution in [-0.2, 0) is 20.8 Å². The summed E-state index contributed by atoms with van der Waals surface area (Å²) in [6, 6.07) is 10.5. The summed E-state index contributed by atoms with van der Waals surface area (Å²) in [5, 5.41) is 0. The maximum atomic E-state index is 12.7. The summed E-state index contributed by atoms with van der Waals surface area (Å²) in [6.45, 7) is 5.00. The summed E-state index contributed by atoms with van der Waals surface area (Å²) in [7, 11) is 2.12. The molecule has 1 aromatic rings. The molecule has 0 amide bonds. The van der Waals surface area contributed by atoms with Gasteiger partial charge in [-0.2, -0.15) is 0 Å². The van der Waals surface area contributed by atoms with Crippen LogP contribution in [-0.4, -0.2) is 42.8 Å². The van der Waals surface area contributed by atoms with Crippen molar-refractivity contribution in [3.8, 4) is 0 Å². The molecule has 2 heterocycles. The average Bonchev–Trinajstić information content (AvgIpc) is 3.34. The third-order valence-corrected chi connectivity index (χ3v) is 7.88. The van der Waals surface area contributed by atoms with Crippen LogP contribution >= 0.6 is 0 Å². The molecule has 4 fully saturated rings. The van der Waals surface area contributed by atoms with Crippen LogP contribution in [0.2, 0.25) is 0 Å². The number of hydrogen-bond acceptors (Lipinski definition) is 4. The number of epoxide rings is 1. The first-order valence-corrected chi connectivity index (χ1v) is 10.6. The molecule has 5 rings (SSSR count). The summed E-state index contributed by atoms with van der Waals surface area (Å²) in [6.07, 6.45) is 5.94. The van der Waals surface area contributed by atoms with Crippen LogP contribution in [0.4, 0.5) is 0 Å². The van der Waals surface area contributed by atoms with Crippen molar-refractivity contribution >= 4 is 5.97 Å². The zero-order chi connectivity index (χ0) is 18.6. The van der Waals surface area contributed by atoms with Gasteiger partial charge in [0.05, 0.1) is 18.1 Å². The normalized spacial score (nSPS) is 42.7. The molecule has 6 atom stereocenters. The topological polar surface area (TPSA) is 42.1 Å². The van der Waals surface area contributed by atoms with Crippen molar-refractivity contribution in [1.82, 2.24) is 4.90 Å². The molecule has 0 bridgehead atoms. The third-order valence-electron chi connectivity index (χ3n) is 7.88. The number of benzene rings is 1. The molecule has 0 unspecified atom stereocenters. The minimum atomic E-state index is 0.00555. The highest BCUT2D eigenvalue weighted by molar-refractivity contribution is 5.75. The number of carbonyl (C=O) groups is 1. The third kappa shape index (κ3) is 3.01. The first-order valence-electron chi connectivity index (χ1n) is 10.6. The van der Waals surface area contributed by atoms with Gasteiger partial charge in [0.15, 0.2) is 0 Å². The van der Waals surface area contributed by atoms with Gasteiger partial charge < -0.3 is 14.4 Å². The number of carbonyl (C=O) groups excluding carboxylic acids is 1. The second-order valence-corrected chi connectivity index (χ2v) is 9.78. The minimum absolute atomic E-state index is 0.00555. The highest BCUT2D eigenvalue weighted by Gasteiger charge is 2.65. The highest BCUT2D eigenvalue weighted by atomic mass is 16.6. The van der Waals surface area contributed by atoms with Gasteiger partial charge in [-0.1, -0.05) is 37.3 Å². The molecule has 2 saturated carbocycles. The number of fused-ring (bicyclic) bond motifs is 3. The Bertz CT molecular complexity index is 716. The minimum Gasteiger partial charge on any atom is -0.462 e. The molecule has 2 aliphatic carbocycles. The number of esters is 1. The number of ether oxygens (including phenoxy) is 2. The smallest absolute Gasteiger partial charge is 0.310 e. The van der Waals surface area contributed by atoms with Crippen LogP contribution in [0, 0.1) is 23.2 Å². The van der Waals surface area contributed by atoms with E-state index in [-0.39, 0.29) is 29.0 Å². The van der Waals surface area contributed by atoms with Crippen molar-refractivity contribution in [1.29, 1.82) is 0 Å². The lowest BCUT2D eigenvalue weighted by molar-refractivity contribution is -0.147. The van der Waals surface area contributed by atoms with Gasteiger partial charge in [-0.05, 0) is 56.0 Å². The van der Waals surface area contributed by atoms with Gasteiger partial charge in [-0.15, -0.1) is 0 Å². The molecule has 1 spiro atoms. The van der Waals surface area contributed by atoms with Crippen LogP contribution in [0.5, 0.6) is 0 Å². The Balaban J connectivity index is 1.31. The number of hydrogen-bond donors (Lipinski definition) is 0. The second kappa shape index (κ2) is 6.31. The average molecular weight is 370 g/mol. The quantitative estimate of drug-likeness (QED) is 0.600. The fourth-order valence-corrected chi connectivity index (χ4v) is 6.46. The van der Waals surface area contributed by atoms with E-state index in [1.54, 1.807) is 0 Å². The molecule has 146 valence electrons. The number of rotatable bonds is 4. The zero-order valence-corrected chi connectivity index (χ0v) is 16.5. The maximum absolute atomic E-state index is 12.7. The van der Waals surface area contributed by atoms with Gasteiger partial charge >= 0.3 is 5.97 Å². The summed E-state index contributed by atoms with van der Waals surface area (Å²) in [5.41, 5.74) is 1.70. The Hall–Kier alpha value is -1.39. The molecule has 0 radical (unpaired) electrons. The van der Waals surface area contributed by atoms with E-state index < -0.39 is 0 Å². The van der Waals surface area contributed by atoms with Crippen LogP contribution in [0.1, 0.15) is 44.6 Å². The van der Waals surface area contributed by atoms with E-state index in [2.05, 4.69) is 43.1 Å². The van der Waals surface area contributed by atoms with Gasteiger partial charge in [0.2, 0.25) is 0 Å². The van der Waals surface area contributed by atoms with Gasteiger partial charge in [0.1, 0.15) is 6.10 Å². The molecule has 4 heteroatoms. The lowest BCUT2D eigenvalue weighted by atomic mass is 9.53. The summed E-state index contributed by atoms with van der Waals surface area (Å²) in [5.74, 6) is 0.980. The lowest BCUT2D eigenvalue weighted by Gasteiger charge is -2.51. The first kappa shape index (κ1) is 17.7. The molecule has 2 aliphatic heterocycles. The molecule has 2 saturated heterocycles. The fourth-order valence-electron chi connectivity index (χ4n) is 6.46. The molecular formula is C23H31NO3. The molecule has 27 heavy (non-hydrogen) atoms. The van der Waals surface area contributed by atoms with Crippen molar-refractivity contribution in [2.45, 2.75) is 57.3 Å². The predicted octanol–water partition coefficient (Wildman–Crippen LogP) is 3.65. The highest BCUT2D eigenvalue weighted by Crippen LogP contribution is 2.62. The van der Waals surface area contributed by atoms with Crippen molar-refractivity contribution in [3.05, 3.63) is 35.9 Å². The molecule has 0 N–H and O–H groups in total. The summed E-state index contributed by atoms with van der Waals surface area (Å²) in [4.78, 5) is 15.0. The van der Waals surface area contributed by atoms with Gasteiger partial charge in [-0.3, -0.25) is 4.79 Å². The summed E-state index contributed by atoms with van der Waals surface area (Å²) >= 11 is 0. The Morgan fingerprint density at radius 3 is 2.74 bits per heavy atom. The SMILES string of the molecule is CN(Cc1ccccc1)C[C@H]1C(=O)O[C@@H]2C[C@@]3(C)CCC[C@@]4(CO4)[C@@H]3C[C@@H]21. The van der Waals surface area contributed by atoms with Crippen molar-refractivity contribution < 1.29 is 14.3 Å². The Kier molecular flexibility index (Phi) is 4.14. The fraction of sp³-hybridized carbons (Fsp3) is 0.696. The van der Waals surface area contributed by atoms with Gasteiger partial charge in [0.25, 0.3) is 0 Å². The monoisotopic (exact) mass is 369 g/mol. The van der Waals surface area contributed by atoms with E-state index in [1.807, 2.05) is 6.07 Å². The van der Waals surface area contributed by atoms with E-state index in [1.165, 1.54) is 24.8 Å².